The highest BCUT2D eigenvalue weighted by molar-refractivity contribution is 6.02. The summed E-state index contributed by atoms with van der Waals surface area (Å²) in [4.78, 5) is 11.7. The zero-order valence-corrected chi connectivity index (χ0v) is 65.7. The average Bonchev–Trinajstić information content (AvgIpc) is 0.799. The third-order valence-corrected chi connectivity index (χ3v) is 22.3. The van der Waals surface area contributed by atoms with Gasteiger partial charge < -0.3 is 24.5 Å². The molecular weight excluding hydrogens is 1440 g/mol. The first-order chi connectivity index (χ1) is 59.0. The maximum absolute atomic E-state index is 2.38. The van der Waals surface area contributed by atoms with Crippen LogP contribution in [-0.2, 0) is 0 Å². The van der Waals surface area contributed by atoms with E-state index in [1.54, 1.807) is 0 Å². The third kappa shape index (κ3) is 15.7. The lowest BCUT2D eigenvalue weighted by Gasteiger charge is -2.28. The molecule has 5 nitrogen and oxygen atoms in total. The Morgan fingerprint density at radius 2 is 0.227 bits per heavy atom. The normalized spacial score (nSPS) is 11.0. The van der Waals surface area contributed by atoms with Crippen LogP contribution in [0.2, 0.25) is 0 Å². The van der Waals surface area contributed by atoms with Crippen LogP contribution < -0.4 is 24.5 Å². The number of benzene rings is 20. The van der Waals surface area contributed by atoms with Crippen LogP contribution in [0.15, 0.2) is 504 Å². The van der Waals surface area contributed by atoms with Gasteiger partial charge in [-0.1, -0.05) is 340 Å². The highest BCUT2D eigenvalue weighted by Gasteiger charge is 2.22. The summed E-state index contributed by atoms with van der Waals surface area (Å²) in [6, 6.07) is 180. The monoisotopic (exact) mass is 1520 g/mol. The van der Waals surface area contributed by atoms with E-state index in [-0.39, 0.29) is 0 Å². The van der Waals surface area contributed by atoms with Gasteiger partial charge in [-0.3, -0.25) is 0 Å². The van der Waals surface area contributed by atoms with Crippen molar-refractivity contribution < 1.29 is 0 Å². The minimum absolute atomic E-state index is 1.09. The van der Waals surface area contributed by atoms with Crippen molar-refractivity contribution in [1.82, 2.24) is 0 Å². The first-order valence-corrected chi connectivity index (χ1v) is 40.6. The van der Waals surface area contributed by atoms with Crippen LogP contribution in [0.1, 0.15) is 0 Å². The van der Waals surface area contributed by atoms with Gasteiger partial charge >= 0.3 is 0 Å². The smallest absolute Gasteiger partial charge is 0.0540 e. The minimum Gasteiger partial charge on any atom is -0.311 e. The minimum atomic E-state index is 1.09. The van der Waals surface area contributed by atoms with Gasteiger partial charge in [0.25, 0.3) is 0 Å². The lowest BCUT2D eigenvalue weighted by molar-refractivity contribution is 1.28. The number of anilines is 15. The van der Waals surface area contributed by atoms with Gasteiger partial charge in [0.15, 0.2) is 0 Å². The molecule has 0 spiro atoms. The SMILES string of the molecule is c1ccc(N(c2ccc(-c3ccc(N(c4ccc(-c5ccc(N(c6ccccc6)c6cccc7ccccc67)cc5)cc4)c4cccc5ccccc45)cc3)cc2)c2cccc3ccccc23)cc1.c1ccc(N(c2ccccc2)c2ccc(-c3ccc(-c4ccc(-c5ccc(N(c6ccccc6)c6ccccc6)cc5)cc4)cc3)cc2)cc1. The second-order valence-electron chi connectivity index (χ2n) is 29.6. The molecule has 0 aliphatic rings. The second-order valence-corrected chi connectivity index (χ2v) is 29.6. The Labute approximate surface area is 696 Å². The summed E-state index contributed by atoms with van der Waals surface area (Å²) in [6.45, 7) is 0. The summed E-state index contributed by atoms with van der Waals surface area (Å²) >= 11 is 0. The van der Waals surface area contributed by atoms with Gasteiger partial charge in [-0.05, 0) is 236 Å². The summed E-state index contributed by atoms with van der Waals surface area (Å²) in [6.07, 6.45) is 0. The first-order valence-electron chi connectivity index (χ1n) is 40.6. The first kappa shape index (κ1) is 73.4. The van der Waals surface area contributed by atoms with Gasteiger partial charge in [-0.25, -0.2) is 0 Å². The van der Waals surface area contributed by atoms with E-state index in [1.165, 1.54) is 65.7 Å². The van der Waals surface area contributed by atoms with E-state index in [4.69, 9.17) is 0 Å². The van der Waals surface area contributed by atoms with Gasteiger partial charge in [-0.15, -0.1) is 0 Å². The van der Waals surface area contributed by atoms with Crippen molar-refractivity contribution >= 4 is 118 Å². The Morgan fingerprint density at radius 3 is 0.420 bits per heavy atom. The van der Waals surface area contributed by atoms with Crippen molar-refractivity contribution in [2.24, 2.45) is 0 Å². The van der Waals surface area contributed by atoms with E-state index in [2.05, 4.69) is 528 Å². The fourth-order valence-electron chi connectivity index (χ4n) is 16.4. The lowest BCUT2D eigenvalue weighted by atomic mass is 9.98. The summed E-state index contributed by atoms with van der Waals surface area (Å²) in [7, 11) is 0. The van der Waals surface area contributed by atoms with Crippen molar-refractivity contribution in [2.45, 2.75) is 0 Å². The van der Waals surface area contributed by atoms with Crippen LogP contribution in [0.5, 0.6) is 0 Å². The van der Waals surface area contributed by atoms with Crippen molar-refractivity contribution in [3.05, 3.63) is 504 Å². The van der Waals surface area contributed by atoms with E-state index in [9.17, 15) is 0 Å². The molecule has 0 heterocycles. The van der Waals surface area contributed by atoms with Crippen LogP contribution in [0.4, 0.5) is 85.3 Å². The number of rotatable bonds is 20. The Bertz CT molecular complexity index is 6290. The van der Waals surface area contributed by atoms with Gasteiger partial charge in [0.1, 0.15) is 0 Å². The number of hydrogen-bond acceptors (Lipinski definition) is 5. The Kier molecular flexibility index (Phi) is 21.0. The fourth-order valence-corrected chi connectivity index (χ4v) is 16.4. The molecule has 0 fully saturated rings. The largest absolute Gasteiger partial charge is 0.311 e. The fraction of sp³-hybridized carbons (Fsp3) is 0. The van der Waals surface area contributed by atoms with Crippen LogP contribution in [-0.4, -0.2) is 0 Å². The summed E-state index contributed by atoms with van der Waals surface area (Å²) in [5.74, 6) is 0. The van der Waals surface area contributed by atoms with Crippen LogP contribution in [0, 0.1) is 0 Å². The van der Waals surface area contributed by atoms with E-state index in [0.717, 1.165) is 108 Å². The molecule has 20 rings (SSSR count). The molecule has 119 heavy (non-hydrogen) atoms. The molecule has 0 atom stereocenters. The summed E-state index contributed by atoms with van der Waals surface area (Å²) in [5, 5.41) is 7.27. The summed E-state index contributed by atoms with van der Waals surface area (Å²) < 4.78 is 0. The van der Waals surface area contributed by atoms with Crippen molar-refractivity contribution in [3.63, 3.8) is 0 Å². The molecule has 0 aliphatic heterocycles. The molecule has 0 aromatic heterocycles. The standard InChI is InChI=1S/C66H47N3.C48H36N2/c1-3-22-55(23-4-1)67(64-29-13-19-52-16-7-10-26-61(52)64)57-40-32-48(33-41-57)50-36-44-59(45-37-50)69(66-31-15-21-54-18-9-12-28-63(54)66)60-46-38-51(39-47-60)49-34-42-58(43-35-49)68(56-24-5-2-6-25-56)65-30-14-20-53-17-8-11-27-62(53)65;1-5-13-43(14-6-1)49(44-15-7-2-8-16-44)47-33-29-41(30-34-47)39-25-21-37(22-26-39)38-23-27-40(28-24-38)42-31-35-48(36-32-42)50(45-17-9-3-10-18-45)46-19-11-4-12-20-46/h1-47H;1-36H. The van der Waals surface area contributed by atoms with E-state index < -0.39 is 0 Å². The Hall–Kier alpha value is -15.8. The van der Waals surface area contributed by atoms with Crippen LogP contribution in [0.25, 0.3) is 88.0 Å². The van der Waals surface area contributed by atoms with E-state index in [1.807, 2.05) is 0 Å². The average molecular weight is 1520 g/mol. The number of fused-ring (bicyclic) bond motifs is 3. The molecule has 5 heteroatoms. The molecule has 0 aliphatic carbocycles. The van der Waals surface area contributed by atoms with Gasteiger partial charge in [0, 0.05) is 84.4 Å². The van der Waals surface area contributed by atoms with Crippen LogP contribution in [0.3, 0.4) is 0 Å². The molecule has 0 saturated heterocycles. The molecule has 0 radical (unpaired) electrons. The molecule has 20 aromatic carbocycles. The second kappa shape index (κ2) is 34.1. The third-order valence-electron chi connectivity index (χ3n) is 22.3. The predicted octanol–water partition coefficient (Wildman–Crippen LogP) is 32.5. The number of hydrogen-bond donors (Lipinski definition) is 0. The molecule has 0 bridgehead atoms. The molecule has 0 saturated carbocycles. The maximum Gasteiger partial charge on any atom is 0.0540 e. The van der Waals surface area contributed by atoms with Gasteiger partial charge in [0.05, 0.1) is 17.1 Å². The zero-order chi connectivity index (χ0) is 79.5. The molecule has 0 N–H and O–H groups in total. The highest BCUT2D eigenvalue weighted by atomic mass is 15.2. The summed E-state index contributed by atoms with van der Waals surface area (Å²) in [5.41, 5.74) is 28.7. The van der Waals surface area contributed by atoms with Gasteiger partial charge in [0.2, 0.25) is 0 Å². The zero-order valence-electron chi connectivity index (χ0n) is 65.7. The maximum atomic E-state index is 2.38. The number of nitrogens with zero attached hydrogens (tertiary/aromatic N) is 5. The van der Waals surface area contributed by atoms with Crippen LogP contribution >= 0.6 is 0 Å². The molecule has 0 amide bonds. The lowest BCUT2D eigenvalue weighted by Crippen LogP contribution is -2.10. The quantitative estimate of drug-likeness (QED) is 0.0754. The molecular formula is C114H83N5. The topological polar surface area (TPSA) is 16.2 Å². The highest BCUT2D eigenvalue weighted by Crippen LogP contribution is 2.46. The van der Waals surface area contributed by atoms with Crippen molar-refractivity contribution in [2.75, 3.05) is 24.5 Å². The number of para-hydroxylation sites is 6. The van der Waals surface area contributed by atoms with Crippen molar-refractivity contribution in [3.8, 4) is 55.6 Å². The molecule has 0 unspecified atom stereocenters. The van der Waals surface area contributed by atoms with Gasteiger partial charge in [-0.2, -0.15) is 0 Å². The van der Waals surface area contributed by atoms with Crippen molar-refractivity contribution in [1.29, 1.82) is 0 Å². The predicted molar refractivity (Wildman–Crippen MR) is 506 cm³/mol. The molecule has 564 valence electrons. The van der Waals surface area contributed by atoms with E-state index in [0.29, 0.717) is 0 Å². The Balaban J connectivity index is 0.000000166. The molecule has 20 aromatic rings. The Morgan fingerprint density at radius 1 is 0.0924 bits per heavy atom. The van der Waals surface area contributed by atoms with E-state index >= 15 is 0 Å².